The van der Waals surface area contributed by atoms with Gasteiger partial charge in [0.2, 0.25) is 10.0 Å². The van der Waals surface area contributed by atoms with Crippen LogP contribution >= 0.6 is 0 Å². The highest BCUT2D eigenvalue weighted by molar-refractivity contribution is 7.89. The molecule has 1 aromatic rings. The summed E-state index contributed by atoms with van der Waals surface area (Å²) in [7, 11) is -3.69. The molecule has 8 heteroatoms. The Hall–Kier alpha value is -1.67. The Morgan fingerprint density at radius 2 is 1.89 bits per heavy atom. The summed E-state index contributed by atoms with van der Waals surface area (Å²) in [6.45, 7) is 4.05. The topological polar surface area (TPSA) is 107 Å². The molecule has 100 valence electrons. The van der Waals surface area contributed by atoms with Crippen LogP contribution in [0.5, 0.6) is 0 Å². The van der Waals surface area contributed by atoms with Crippen LogP contribution < -0.4 is 5.73 Å². The monoisotopic (exact) mass is 273 g/mol. The van der Waals surface area contributed by atoms with Gasteiger partial charge in [-0.3, -0.25) is 10.1 Å². The minimum Gasteiger partial charge on any atom is -0.397 e. The van der Waals surface area contributed by atoms with Crippen LogP contribution in [0.3, 0.4) is 0 Å². The van der Waals surface area contributed by atoms with Gasteiger partial charge in [-0.2, -0.15) is 4.31 Å². The zero-order valence-corrected chi connectivity index (χ0v) is 11.0. The predicted molar refractivity (Wildman–Crippen MR) is 67.6 cm³/mol. The third-order valence-electron chi connectivity index (χ3n) is 2.53. The van der Waals surface area contributed by atoms with E-state index in [1.807, 2.05) is 0 Å². The first-order valence-corrected chi connectivity index (χ1v) is 6.82. The van der Waals surface area contributed by atoms with E-state index in [-0.39, 0.29) is 16.3 Å². The number of non-ortho nitro benzene ring substituents is 1. The van der Waals surface area contributed by atoms with Gasteiger partial charge in [-0.15, -0.1) is 0 Å². The number of nitrogen functional groups attached to an aromatic ring is 1. The molecule has 0 bridgehead atoms. The summed E-state index contributed by atoms with van der Waals surface area (Å²) in [5, 5.41) is 10.6. The van der Waals surface area contributed by atoms with Gasteiger partial charge >= 0.3 is 0 Å². The zero-order chi connectivity index (χ0) is 13.9. The lowest BCUT2D eigenvalue weighted by atomic mass is 10.3. The Kier molecular flexibility index (Phi) is 4.25. The van der Waals surface area contributed by atoms with Crippen molar-refractivity contribution in [3.63, 3.8) is 0 Å². The third kappa shape index (κ3) is 2.59. The molecule has 7 nitrogen and oxygen atoms in total. The van der Waals surface area contributed by atoms with Crippen molar-refractivity contribution in [2.24, 2.45) is 0 Å². The van der Waals surface area contributed by atoms with Crippen molar-refractivity contribution in [1.29, 1.82) is 0 Å². The zero-order valence-electron chi connectivity index (χ0n) is 10.2. The molecule has 0 spiro atoms. The van der Waals surface area contributed by atoms with Crippen LogP contribution in [0, 0.1) is 10.1 Å². The Morgan fingerprint density at radius 3 is 2.28 bits per heavy atom. The number of rotatable bonds is 5. The molecule has 0 atom stereocenters. The highest BCUT2D eigenvalue weighted by Gasteiger charge is 2.25. The minimum atomic E-state index is -3.69. The molecule has 18 heavy (non-hydrogen) atoms. The van der Waals surface area contributed by atoms with Gasteiger partial charge in [0.15, 0.2) is 0 Å². The standard InChI is InChI=1S/C10H15N3O4S/c1-3-12(4-2)18(16,17)10-6-5-8(13(14)15)7-9(10)11/h5-7H,3-4,11H2,1-2H3. The van der Waals surface area contributed by atoms with Crippen molar-refractivity contribution in [2.75, 3.05) is 18.8 Å². The van der Waals surface area contributed by atoms with Crippen molar-refractivity contribution in [1.82, 2.24) is 4.31 Å². The summed E-state index contributed by atoms with van der Waals surface area (Å²) < 4.78 is 25.6. The molecule has 0 heterocycles. The first-order valence-electron chi connectivity index (χ1n) is 5.38. The van der Waals surface area contributed by atoms with Gasteiger partial charge < -0.3 is 5.73 Å². The van der Waals surface area contributed by atoms with E-state index in [2.05, 4.69) is 0 Å². The maximum absolute atomic E-state index is 12.2. The first-order chi connectivity index (χ1) is 8.34. The van der Waals surface area contributed by atoms with Gasteiger partial charge in [0.25, 0.3) is 5.69 Å². The Labute approximate surface area is 105 Å². The van der Waals surface area contributed by atoms with Crippen LogP contribution in [-0.4, -0.2) is 30.7 Å². The first kappa shape index (κ1) is 14.4. The van der Waals surface area contributed by atoms with Crippen molar-refractivity contribution >= 4 is 21.4 Å². The Bertz CT molecular complexity index is 552. The Morgan fingerprint density at radius 1 is 1.33 bits per heavy atom. The maximum atomic E-state index is 12.2. The summed E-state index contributed by atoms with van der Waals surface area (Å²) in [6.07, 6.45) is 0. The average Bonchev–Trinajstić information content (AvgIpc) is 2.29. The molecular weight excluding hydrogens is 258 g/mol. The van der Waals surface area contributed by atoms with E-state index in [1.54, 1.807) is 13.8 Å². The van der Waals surface area contributed by atoms with E-state index in [1.165, 1.54) is 10.4 Å². The molecule has 0 aliphatic rings. The second-order valence-corrected chi connectivity index (χ2v) is 5.47. The fraction of sp³-hybridized carbons (Fsp3) is 0.400. The quantitative estimate of drug-likeness (QED) is 0.493. The van der Waals surface area contributed by atoms with Crippen molar-refractivity contribution < 1.29 is 13.3 Å². The van der Waals surface area contributed by atoms with Gasteiger partial charge in [-0.05, 0) is 6.07 Å². The van der Waals surface area contributed by atoms with Crippen molar-refractivity contribution in [3.8, 4) is 0 Å². The number of anilines is 1. The lowest BCUT2D eigenvalue weighted by Crippen LogP contribution is -2.31. The van der Waals surface area contributed by atoms with Crippen LogP contribution in [0.1, 0.15) is 13.8 Å². The maximum Gasteiger partial charge on any atom is 0.271 e. The minimum absolute atomic E-state index is 0.100. The molecule has 0 aliphatic carbocycles. The third-order valence-corrected chi connectivity index (χ3v) is 4.65. The van der Waals surface area contributed by atoms with Gasteiger partial charge in [0, 0.05) is 25.2 Å². The van der Waals surface area contributed by atoms with Gasteiger partial charge in [-0.25, -0.2) is 8.42 Å². The van der Waals surface area contributed by atoms with E-state index < -0.39 is 14.9 Å². The summed E-state index contributed by atoms with van der Waals surface area (Å²) in [4.78, 5) is 9.83. The summed E-state index contributed by atoms with van der Waals surface area (Å²) in [5.41, 5.74) is 5.24. The second kappa shape index (κ2) is 5.32. The SMILES string of the molecule is CCN(CC)S(=O)(=O)c1ccc([N+](=O)[O-])cc1N. The number of hydrogen-bond acceptors (Lipinski definition) is 5. The molecular formula is C10H15N3O4S. The number of benzene rings is 1. The van der Waals surface area contributed by atoms with E-state index in [0.717, 1.165) is 12.1 Å². The molecule has 0 radical (unpaired) electrons. The number of sulfonamides is 1. The fourth-order valence-electron chi connectivity index (χ4n) is 1.59. The van der Waals surface area contributed by atoms with E-state index >= 15 is 0 Å². The lowest BCUT2D eigenvalue weighted by Gasteiger charge is -2.19. The average molecular weight is 273 g/mol. The lowest BCUT2D eigenvalue weighted by molar-refractivity contribution is -0.384. The summed E-state index contributed by atoms with van der Waals surface area (Å²) >= 11 is 0. The van der Waals surface area contributed by atoms with Gasteiger partial charge in [0.05, 0.1) is 10.6 Å². The molecule has 1 rings (SSSR count). The Balaban J connectivity index is 3.30. The molecule has 0 aromatic heterocycles. The normalized spacial score (nSPS) is 11.7. The van der Waals surface area contributed by atoms with Crippen LogP contribution in [0.15, 0.2) is 23.1 Å². The van der Waals surface area contributed by atoms with E-state index in [9.17, 15) is 18.5 Å². The molecule has 0 fully saturated rings. The van der Waals surface area contributed by atoms with Crippen molar-refractivity contribution in [3.05, 3.63) is 28.3 Å². The smallest absolute Gasteiger partial charge is 0.271 e. The number of hydrogen-bond donors (Lipinski definition) is 1. The predicted octanol–water partition coefficient (Wildman–Crippen LogP) is 1.21. The van der Waals surface area contributed by atoms with E-state index in [0.29, 0.717) is 13.1 Å². The summed E-state index contributed by atoms with van der Waals surface area (Å²) in [5.74, 6) is 0. The highest BCUT2D eigenvalue weighted by Crippen LogP contribution is 2.26. The number of nitrogens with zero attached hydrogens (tertiary/aromatic N) is 2. The van der Waals surface area contributed by atoms with Crippen LogP contribution in [0.4, 0.5) is 11.4 Å². The molecule has 0 aliphatic heterocycles. The van der Waals surface area contributed by atoms with Crippen LogP contribution in [-0.2, 0) is 10.0 Å². The highest BCUT2D eigenvalue weighted by atomic mass is 32.2. The largest absolute Gasteiger partial charge is 0.397 e. The molecule has 0 amide bonds. The summed E-state index contributed by atoms with van der Waals surface area (Å²) in [6, 6.07) is 3.35. The number of nitro benzene ring substituents is 1. The fourth-order valence-corrected chi connectivity index (χ4v) is 3.14. The molecule has 0 unspecified atom stereocenters. The molecule has 0 saturated heterocycles. The van der Waals surface area contributed by atoms with E-state index in [4.69, 9.17) is 5.73 Å². The second-order valence-electron chi connectivity index (χ2n) is 3.57. The van der Waals surface area contributed by atoms with Crippen molar-refractivity contribution in [2.45, 2.75) is 18.7 Å². The van der Waals surface area contributed by atoms with Crippen LogP contribution in [0.2, 0.25) is 0 Å². The van der Waals surface area contributed by atoms with Gasteiger partial charge in [-0.1, -0.05) is 13.8 Å². The molecule has 0 saturated carbocycles. The molecule has 2 N–H and O–H groups in total. The number of nitrogens with two attached hydrogens (primary N) is 1. The number of nitro groups is 1. The molecule has 1 aromatic carbocycles. The van der Waals surface area contributed by atoms with Gasteiger partial charge in [0.1, 0.15) is 4.90 Å². The van der Waals surface area contributed by atoms with Crippen LogP contribution in [0.25, 0.3) is 0 Å².